The molecule has 0 amide bonds. The molecule has 0 bridgehead atoms. The first-order valence-corrected chi connectivity index (χ1v) is 16.6. The molecular weight excluding hydrogens is 692 g/mol. The normalized spacial score (nSPS) is 10.9. The molecule has 0 aliphatic rings. The van der Waals surface area contributed by atoms with Gasteiger partial charge in [0, 0.05) is 44.4 Å². The van der Waals surface area contributed by atoms with E-state index in [0.717, 1.165) is 55.4 Å². The molecule has 4 aromatic heterocycles. The summed E-state index contributed by atoms with van der Waals surface area (Å²) in [4.78, 5) is 25.9. The first kappa shape index (κ1) is 34.5. The van der Waals surface area contributed by atoms with Crippen molar-refractivity contribution in [2.75, 3.05) is 11.5 Å². The molecule has 0 saturated heterocycles. The number of nitrogens with zero attached hydrogens (tertiary/aromatic N) is 7. The number of aryl methyl sites for hydroxylation is 2. The fourth-order valence-corrected chi connectivity index (χ4v) is 6.38. The summed E-state index contributed by atoms with van der Waals surface area (Å²) < 4.78 is 26.7. The van der Waals surface area contributed by atoms with E-state index >= 15 is 0 Å². The number of halogens is 3. The zero-order chi connectivity index (χ0) is 37.2. The predicted molar refractivity (Wildman–Crippen MR) is 204 cm³/mol. The monoisotopic (exact) mass is 719 g/mol. The molecule has 258 valence electrons. The minimum absolute atomic E-state index is 0.231. The van der Waals surface area contributed by atoms with Gasteiger partial charge in [0.25, 0.3) is 0 Å². The Hall–Kier alpha value is -6.90. The van der Waals surface area contributed by atoms with Gasteiger partial charge in [-0.1, -0.05) is 23.7 Å². The predicted octanol–water partition coefficient (Wildman–Crippen LogP) is 9.30. The van der Waals surface area contributed by atoms with Gasteiger partial charge in [-0.05, 0) is 110 Å². The quantitative estimate of drug-likeness (QED) is 0.181. The number of hydrogen-bond donors (Lipinski definition) is 2. The highest BCUT2D eigenvalue weighted by molar-refractivity contribution is 6.34. The second-order valence-corrected chi connectivity index (χ2v) is 12.5. The second-order valence-electron chi connectivity index (χ2n) is 12.1. The highest BCUT2D eigenvalue weighted by atomic mass is 35.5. The van der Waals surface area contributed by atoms with E-state index < -0.39 is 0 Å². The third-order valence-electron chi connectivity index (χ3n) is 8.63. The number of rotatable bonds is 4. The van der Waals surface area contributed by atoms with Crippen LogP contribution in [0, 0.1) is 36.8 Å². The summed E-state index contributed by atoms with van der Waals surface area (Å²) in [6.45, 7) is 3.83. The standard InChI is InChI=1S/C21H14FN5.C20H14ClFN4/c1-12-17-8-14(4-7-18(17)26-11-25-12)20-15(10-23)9-19(24)27-21(20)13-2-5-16(22)6-3-13;1-11-15-8-13(4-7-17(15)25-10-24-11)19-16(21)9-18(23)26-20(19)12-2-5-14(22)6-3-12/h2-9,11H,1H3,(H2,24,27);2-10H,1H3,(H2,23,26). The minimum atomic E-state index is -0.344. The summed E-state index contributed by atoms with van der Waals surface area (Å²) in [6, 6.07) is 28.9. The molecule has 4 heterocycles. The molecule has 0 saturated carbocycles. The Balaban J connectivity index is 0.000000164. The van der Waals surface area contributed by atoms with Crippen LogP contribution in [0.3, 0.4) is 0 Å². The van der Waals surface area contributed by atoms with Gasteiger partial charge in [-0.15, -0.1) is 0 Å². The highest BCUT2D eigenvalue weighted by Gasteiger charge is 2.18. The number of nitrogen functional groups attached to an aromatic ring is 2. The lowest BCUT2D eigenvalue weighted by molar-refractivity contribution is 0.627. The molecule has 0 fully saturated rings. The largest absolute Gasteiger partial charge is 0.384 e. The van der Waals surface area contributed by atoms with Crippen molar-refractivity contribution in [1.29, 1.82) is 5.26 Å². The van der Waals surface area contributed by atoms with E-state index in [-0.39, 0.29) is 17.5 Å². The lowest BCUT2D eigenvalue weighted by atomic mass is 9.94. The Labute approximate surface area is 307 Å². The van der Waals surface area contributed by atoms with E-state index in [4.69, 9.17) is 23.1 Å². The van der Waals surface area contributed by atoms with Crippen LogP contribution in [0.2, 0.25) is 5.02 Å². The molecule has 53 heavy (non-hydrogen) atoms. The van der Waals surface area contributed by atoms with E-state index in [1.54, 1.807) is 42.7 Å². The van der Waals surface area contributed by atoms with Gasteiger partial charge < -0.3 is 11.5 Å². The number of fused-ring (bicyclic) bond motifs is 2. The maximum absolute atomic E-state index is 13.4. The summed E-state index contributed by atoms with van der Waals surface area (Å²) in [6.07, 6.45) is 3.06. The van der Waals surface area contributed by atoms with E-state index in [2.05, 4.69) is 36.0 Å². The molecule has 12 heteroatoms. The molecule has 9 nitrogen and oxygen atoms in total. The van der Waals surface area contributed by atoms with Gasteiger partial charge in [0.05, 0.1) is 39.1 Å². The number of hydrogen-bond acceptors (Lipinski definition) is 9. The molecule has 4 N–H and O–H groups in total. The number of nitrogens with two attached hydrogens (primary N) is 2. The van der Waals surface area contributed by atoms with Crippen LogP contribution in [0.25, 0.3) is 66.6 Å². The zero-order valence-electron chi connectivity index (χ0n) is 28.3. The molecule has 0 spiro atoms. The van der Waals surface area contributed by atoms with Crippen molar-refractivity contribution in [3.05, 3.63) is 143 Å². The first-order valence-electron chi connectivity index (χ1n) is 16.2. The van der Waals surface area contributed by atoms with E-state index in [9.17, 15) is 14.0 Å². The molecule has 0 aliphatic heterocycles. The molecule has 8 rings (SSSR count). The van der Waals surface area contributed by atoms with Crippen LogP contribution < -0.4 is 11.5 Å². The van der Waals surface area contributed by atoms with Gasteiger partial charge in [-0.2, -0.15) is 5.26 Å². The average Bonchev–Trinajstić information content (AvgIpc) is 3.15. The SMILES string of the molecule is Cc1ncnc2ccc(-c3c(C#N)cc(N)nc3-c3ccc(F)cc3)cc12.Cc1ncnc2ccc(-c3c(Cl)cc(N)nc3-c3ccc(F)cc3)cc12. The van der Waals surface area contributed by atoms with Crippen molar-refractivity contribution in [2.24, 2.45) is 0 Å². The van der Waals surface area contributed by atoms with Crippen LogP contribution in [-0.4, -0.2) is 29.9 Å². The summed E-state index contributed by atoms with van der Waals surface area (Å²) in [7, 11) is 0. The van der Waals surface area contributed by atoms with Crippen LogP contribution in [0.5, 0.6) is 0 Å². The van der Waals surface area contributed by atoms with Gasteiger partial charge in [0.15, 0.2) is 0 Å². The number of aromatic nitrogens is 6. The minimum Gasteiger partial charge on any atom is -0.384 e. The second kappa shape index (κ2) is 14.4. The maximum atomic E-state index is 13.4. The number of benzene rings is 4. The maximum Gasteiger partial charge on any atom is 0.125 e. The Morgan fingerprint density at radius 2 is 1.00 bits per heavy atom. The van der Waals surface area contributed by atoms with Crippen molar-refractivity contribution < 1.29 is 8.78 Å². The van der Waals surface area contributed by atoms with E-state index in [1.165, 1.54) is 30.6 Å². The van der Waals surface area contributed by atoms with Crippen molar-refractivity contribution in [2.45, 2.75) is 13.8 Å². The average molecular weight is 720 g/mol. The summed E-state index contributed by atoms with van der Waals surface area (Å²) in [5.41, 5.74) is 21.2. The molecule has 8 aromatic rings. The Morgan fingerprint density at radius 3 is 1.49 bits per heavy atom. The number of anilines is 2. The number of pyridine rings is 2. The van der Waals surface area contributed by atoms with Gasteiger partial charge in [0.2, 0.25) is 0 Å². The third-order valence-corrected chi connectivity index (χ3v) is 8.93. The topological polar surface area (TPSA) is 153 Å². The van der Waals surface area contributed by atoms with Crippen LogP contribution in [0.1, 0.15) is 17.0 Å². The lowest BCUT2D eigenvalue weighted by Gasteiger charge is -2.13. The Bertz CT molecular complexity index is 2710. The van der Waals surface area contributed by atoms with Crippen molar-refractivity contribution in [3.8, 4) is 50.8 Å². The summed E-state index contributed by atoms with van der Waals surface area (Å²) >= 11 is 6.52. The van der Waals surface area contributed by atoms with Crippen LogP contribution in [0.15, 0.2) is 110 Å². The van der Waals surface area contributed by atoms with E-state index in [1.807, 2.05) is 50.2 Å². The van der Waals surface area contributed by atoms with Gasteiger partial charge >= 0.3 is 0 Å². The Morgan fingerprint density at radius 1 is 0.566 bits per heavy atom. The summed E-state index contributed by atoms with van der Waals surface area (Å²) in [5.74, 6) is -0.125. The Kier molecular flexibility index (Phi) is 9.37. The fraction of sp³-hybridized carbons (Fsp3) is 0.0488. The highest BCUT2D eigenvalue weighted by Crippen LogP contribution is 2.39. The zero-order valence-corrected chi connectivity index (χ0v) is 29.1. The molecule has 0 radical (unpaired) electrons. The van der Waals surface area contributed by atoms with E-state index in [0.29, 0.717) is 38.9 Å². The lowest BCUT2D eigenvalue weighted by Crippen LogP contribution is -1.99. The van der Waals surface area contributed by atoms with Crippen LogP contribution in [0.4, 0.5) is 20.4 Å². The molecule has 4 aromatic carbocycles. The van der Waals surface area contributed by atoms with Crippen LogP contribution >= 0.6 is 11.6 Å². The molecular formula is C41H28ClF2N9. The van der Waals surface area contributed by atoms with Crippen LogP contribution in [-0.2, 0) is 0 Å². The smallest absolute Gasteiger partial charge is 0.125 e. The first-order chi connectivity index (χ1) is 25.6. The van der Waals surface area contributed by atoms with Gasteiger partial charge in [-0.25, -0.2) is 38.7 Å². The summed E-state index contributed by atoms with van der Waals surface area (Å²) in [5, 5.41) is 12.0. The molecule has 0 atom stereocenters. The van der Waals surface area contributed by atoms with Gasteiger partial charge in [-0.3, -0.25) is 0 Å². The van der Waals surface area contributed by atoms with Crippen molar-refractivity contribution >= 4 is 45.0 Å². The number of nitriles is 1. The van der Waals surface area contributed by atoms with Crippen molar-refractivity contribution in [3.63, 3.8) is 0 Å². The fourth-order valence-electron chi connectivity index (χ4n) is 6.07. The molecule has 0 aliphatic carbocycles. The molecule has 0 unspecified atom stereocenters. The van der Waals surface area contributed by atoms with Gasteiger partial charge in [0.1, 0.15) is 35.9 Å². The third kappa shape index (κ3) is 7.04. The van der Waals surface area contributed by atoms with Crippen molar-refractivity contribution in [1.82, 2.24) is 29.9 Å².